The van der Waals surface area contributed by atoms with E-state index in [2.05, 4.69) is 46.6 Å². The first-order valence-electron chi connectivity index (χ1n) is 7.06. The summed E-state index contributed by atoms with van der Waals surface area (Å²) >= 11 is 3.21. The minimum absolute atomic E-state index is 0.0824. The van der Waals surface area contributed by atoms with Gasteiger partial charge in [0.2, 0.25) is 16.0 Å². The predicted molar refractivity (Wildman–Crippen MR) is 84.1 cm³/mol. The van der Waals surface area contributed by atoms with Gasteiger partial charge in [0.1, 0.15) is 6.33 Å². The van der Waals surface area contributed by atoms with Crippen molar-refractivity contribution in [1.82, 2.24) is 39.7 Å². The smallest absolute Gasteiger partial charge is 0.245 e. The average Bonchev–Trinajstić information content (AvgIpc) is 3.19. The lowest BCUT2D eigenvalue weighted by molar-refractivity contribution is 0.381. The molecule has 2 aromatic heterocycles. The molecule has 23 heavy (non-hydrogen) atoms. The van der Waals surface area contributed by atoms with Gasteiger partial charge in [-0.3, -0.25) is 5.10 Å². The lowest BCUT2D eigenvalue weighted by atomic mass is 10.4. The van der Waals surface area contributed by atoms with E-state index in [-0.39, 0.29) is 5.75 Å². The maximum atomic E-state index is 12.4. The molecule has 0 amide bonds. The molecule has 0 radical (unpaired) electrons. The van der Waals surface area contributed by atoms with Crippen molar-refractivity contribution in [2.45, 2.75) is 13.0 Å². The van der Waals surface area contributed by atoms with Crippen molar-refractivity contribution in [2.75, 3.05) is 36.8 Å². The minimum Gasteiger partial charge on any atom is -0.337 e. The molecule has 3 rings (SSSR count). The van der Waals surface area contributed by atoms with E-state index in [0.29, 0.717) is 49.8 Å². The molecular weight excluding hydrogens is 390 g/mol. The lowest BCUT2D eigenvalue weighted by Crippen LogP contribution is -2.49. The summed E-state index contributed by atoms with van der Waals surface area (Å²) in [4.78, 5) is 6.14. The summed E-state index contributed by atoms with van der Waals surface area (Å²) in [6.45, 7) is 2.48. The van der Waals surface area contributed by atoms with Crippen LogP contribution < -0.4 is 4.90 Å². The van der Waals surface area contributed by atoms with Crippen LogP contribution in [-0.4, -0.2) is 80.0 Å². The molecule has 0 atom stereocenters. The van der Waals surface area contributed by atoms with Crippen molar-refractivity contribution < 1.29 is 8.42 Å². The Morgan fingerprint density at radius 2 is 2.04 bits per heavy atom. The van der Waals surface area contributed by atoms with Crippen LogP contribution in [0.1, 0.15) is 6.42 Å². The molecule has 0 aliphatic carbocycles. The van der Waals surface area contributed by atoms with Gasteiger partial charge in [0, 0.05) is 32.7 Å². The van der Waals surface area contributed by atoms with E-state index >= 15 is 0 Å². The van der Waals surface area contributed by atoms with Gasteiger partial charge in [-0.05, 0) is 32.8 Å². The molecule has 0 unspecified atom stereocenters. The monoisotopic (exact) mass is 405 g/mol. The first kappa shape index (κ1) is 16.3. The highest BCUT2D eigenvalue weighted by Gasteiger charge is 2.27. The van der Waals surface area contributed by atoms with Crippen molar-refractivity contribution in [1.29, 1.82) is 0 Å². The van der Waals surface area contributed by atoms with Crippen LogP contribution in [0.4, 0.5) is 5.95 Å². The second kappa shape index (κ2) is 6.88. The molecule has 1 N–H and O–H groups in total. The number of tetrazole rings is 1. The molecule has 1 fully saturated rings. The SMILES string of the molecule is O=S(=O)(CCCn1cnnn1)N1CCN(c2n[nH]c(Br)n2)CC1. The third kappa shape index (κ3) is 4.03. The molecular formula is C10H16BrN9O2S. The minimum atomic E-state index is -3.27. The van der Waals surface area contributed by atoms with Crippen LogP contribution in [-0.2, 0) is 16.6 Å². The van der Waals surface area contributed by atoms with Crippen molar-refractivity contribution in [3.63, 3.8) is 0 Å². The number of hydrogen-bond acceptors (Lipinski definition) is 8. The van der Waals surface area contributed by atoms with Gasteiger partial charge in [0.15, 0.2) is 4.73 Å². The van der Waals surface area contributed by atoms with E-state index in [4.69, 9.17) is 0 Å². The molecule has 13 heteroatoms. The summed E-state index contributed by atoms with van der Waals surface area (Å²) < 4.78 is 28.3. The van der Waals surface area contributed by atoms with Crippen LogP contribution in [0.3, 0.4) is 0 Å². The van der Waals surface area contributed by atoms with Crippen molar-refractivity contribution >= 4 is 31.9 Å². The van der Waals surface area contributed by atoms with Crippen molar-refractivity contribution in [2.24, 2.45) is 0 Å². The van der Waals surface area contributed by atoms with Gasteiger partial charge in [-0.15, -0.1) is 10.2 Å². The lowest BCUT2D eigenvalue weighted by Gasteiger charge is -2.33. The van der Waals surface area contributed by atoms with E-state index in [9.17, 15) is 8.42 Å². The number of piperazine rings is 1. The van der Waals surface area contributed by atoms with Crippen LogP contribution in [0.15, 0.2) is 11.1 Å². The highest BCUT2D eigenvalue weighted by molar-refractivity contribution is 9.10. The highest BCUT2D eigenvalue weighted by Crippen LogP contribution is 2.15. The fourth-order valence-electron chi connectivity index (χ4n) is 2.36. The fraction of sp³-hybridized carbons (Fsp3) is 0.700. The van der Waals surface area contributed by atoms with Gasteiger partial charge >= 0.3 is 0 Å². The summed E-state index contributed by atoms with van der Waals surface area (Å²) in [5, 5.41) is 17.5. The molecule has 1 saturated heterocycles. The number of nitrogens with one attached hydrogen (secondary N) is 1. The summed E-state index contributed by atoms with van der Waals surface area (Å²) in [6.07, 6.45) is 1.95. The molecule has 0 saturated carbocycles. The topological polar surface area (TPSA) is 126 Å². The van der Waals surface area contributed by atoms with Crippen molar-refractivity contribution in [3.8, 4) is 0 Å². The first-order valence-corrected chi connectivity index (χ1v) is 9.46. The summed E-state index contributed by atoms with van der Waals surface area (Å²) in [5.41, 5.74) is 0. The van der Waals surface area contributed by atoms with Gasteiger partial charge in [0.25, 0.3) is 0 Å². The molecule has 0 spiro atoms. The van der Waals surface area contributed by atoms with Crippen LogP contribution in [0, 0.1) is 0 Å². The normalized spacial score (nSPS) is 16.8. The zero-order chi connectivity index (χ0) is 16.3. The number of anilines is 1. The van der Waals surface area contributed by atoms with Gasteiger partial charge in [-0.1, -0.05) is 0 Å². The second-order valence-electron chi connectivity index (χ2n) is 5.05. The number of aryl methyl sites for hydroxylation is 1. The highest BCUT2D eigenvalue weighted by atomic mass is 79.9. The third-order valence-corrected chi connectivity index (χ3v) is 5.85. The quantitative estimate of drug-likeness (QED) is 0.654. The Morgan fingerprint density at radius 3 is 2.65 bits per heavy atom. The van der Waals surface area contributed by atoms with E-state index < -0.39 is 10.0 Å². The van der Waals surface area contributed by atoms with Crippen LogP contribution in [0.25, 0.3) is 0 Å². The van der Waals surface area contributed by atoms with Crippen LogP contribution in [0.5, 0.6) is 0 Å². The predicted octanol–water partition coefficient (Wildman–Crippen LogP) is -0.904. The molecule has 0 aromatic carbocycles. The Balaban J connectivity index is 1.49. The number of halogens is 1. The number of nitrogens with zero attached hydrogens (tertiary/aromatic N) is 8. The zero-order valence-electron chi connectivity index (χ0n) is 12.2. The third-order valence-electron chi connectivity index (χ3n) is 3.54. The van der Waals surface area contributed by atoms with E-state index in [1.807, 2.05) is 4.90 Å². The summed E-state index contributed by atoms with van der Waals surface area (Å²) in [6, 6.07) is 0. The Bertz CT molecular complexity index is 723. The maximum absolute atomic E-state index is 12.4. The van der Waals surface area contributed by atoms with Gasteiger partial charge < -0.3 is 4.90 Å². The van der Waals surface area contributed by atoms with Gasteiger partial charge in [-0.25, -0.2) is 13.1 Å². The molecule has 11 nitrogen and oxygen atoms in total. The van der Waals surface area contributed by atoms with E-state index in [1.165, 1.54) is 15.3 Å². The second-order valence-corrected chi connectivity index (χ2v) is 7.89. The van der Waals surface area contributed by atoms with E-state index in [0.717, 1.165) is 0 Å². The zero-order valence-corrected chi connectivity index (χ0v) is 14.6. The molecule has 1 aliphatic rings. The fourth-order valence-corrected chi connectivity index (χ4v) is 4.08. The summed E-state index contributed by atoms with van der Waals surface area (Å²) in [5.74, 6) is 0.659. The molecule has 3 heterocycles. The van der Waals surface area contributed by atoms with Crippen LogP contribution in [0.2, 0.25) is 0 Å². The Labute approximate surface area is 141 Å². The number of H-pyrrole nitrogens is 1. The molecule has 2 aromatic rings. The standard InChI is InChI=1S/C10H16BrN9O2S/c11-9-13-10(15-14-9)18-3-5-20(6-4-18)23(21,22)7-1-2-19-8-12-16-17-19/h8H,1-7H2,(H,13,14,15). The first-order chi connectivity index (χ1) is 11.0. The molecule has 126 valence electrons. The molecule has 0 bridgehead atoms. The Hall–Kier alpha value is -1.60. The largest absolute Gasteiger partial charge is 0.337 e. The van der Waals surface area contributed by atoms with Crippen molar-refractivity contribution in [3.05, 3.63) is 11.1 Å². The Kier molecular flexibility index (Phi) is 4.87. The average molecular weight is 406 g/mol. The van der Waals surface area contributed by atoms with Gasteiger partial charge in [-0.2, -0.15) is 9.29 Å². The van der Waals surface area contributed by atoms with E-state index in [1.54, 1.807) is 0 Å². The maximum Gasteiger partial charge on any atom is 0.245 e. The van der Waals surface area contributed by atoms with Crippen LogP contribution >= 0.6 is 15.9 Å². The summed E-state index contributed by atoms with van der Waals surface area (Å²) in [7, 11) is -3.27. The number of aromatic nitrogens is 7. The number of sulfonamides is 1. The Morgan fingerprint density at radius 1 is 1.26 bits per heavy atom. The number of rotatable bonds is 6. The van der Waals surface area contributed by atoms with Gasteiger partial charge in [0.05, 0.1) is 5.75 Å². The number of aromatic amines is 1. The number of hydrogen-bond donors (Lipinski definition) is 1. The molecule has 1 aliphatic heterocycles.